The van der Waals surface area contributed by atoms with Gasteiger partial charge in [-0.15, -0.1) is 0 Å². The van der Waals surface area contributed by atoms with Gasteiger partial charge < -0.3 is 9.88 Å². The van der Waals surface area contributed by atoms with Gasteiger partial charge in [-0.05, 0) is 37.1 Å². The quantitative estimate of drug-likeness (QED) is 0.931. The Morgan fingerprint density at radius 2 is 2.04 bits per heavy atom. The number of rotatable bonds is 3. The number of nitrogens with one attached hydrogen (secondary N) is 1. The normalized spacial score (nSPS) is 19.2. The molecule has 1 aliphatic carbocycles. The second-order valence-corrected chi connectivity index (χ2v) is 7.54. The van der Waals surface area contributed by atoms with E-state index in [1.165, 1.54) is 6.42 Å². The minimum atomic E-state index is -0.103. The largest absolute Gasteiger partial charge is 0.342 e. The van der Waals surface area contributed by atoms with Gasteiger partial charge >= 0.3 is 0 Å². The molecule has 0 radical (unpaired) electrons. The molecule has 126 valence electrons. The minimum Gasteiger partial charge on any atom is -0.342 e. The number of nitrogens with zero attached hydrogens (tertiary/aromatic N) is 2. The summed E-state index contributed by atoms with van der Waals surface area (Å²) in [5.74, 6) is 1.58. The third-order valence-electron chi connectivity index (χ3n) is 5.22. The summed E-state index contributed by atoms with van der Waals surface area (Å²) in [5.41, 5.74) is 1.63. The zero-order valence-electron chi connectivity index (χ0n) is 13.5. The Kier molecular flexibility index (Phi) is 4.22. The lowest BCUT2D eigenvalue weighted by atomic mass is 9.83. The molecule has 2 fully saturated rings. The summed E-state index contributed by atoms with van der Waals surface area (Å²) in [6.45, 7) is 1.54. The standard InChI is InChI=1S/C18H21N3O2S/c22-16-10-15(14-6-9-24-11-14)19-17(20-16)12-4-7-21(8-5-12)18(23)13-2-1-3-13/h6,9-13H,1-5,7-8H2,(H,19,20,22). The summed E-state index contributed by atoms with van der Waals surface area (Å²) in [5, 5.41) is 3.99. The van der Waals surface area contributed by atoms with E-state index in [1.54, 1.807) is 17.4 Å². The Morgan fingerprint density at radius 3 is 2.67 bits per heavy atom. The van der Waals surface area contributed by atoms with E-state index in [1.807, 2.05) is 21.7 Å². The average molecular weight is 343 g/mol. The molecule has 2 aromatic heterocycles. The van der Waals surface area contributed by atoms with E-state index in [0.29, 0.717) is 5.91 Å². The van der Waals surface area contributed by atoms with E-state index in [9.17, 15) is 9.59 Å². The third kappa shape index (κ3) is 3.02. The number of carbonyl (C=O) groups excluding carboxylic acids is 1. The van der Waals surface area contributed by atoms with Crippen LogP contribution in [0.2, 0.25) is 0 Å². The molecule has 0 atom stereocenters. The SMILES string of the molecule is O=C(C1CCC1)N1CCC(c2nc(-c3ccsc3)cc(=O)[nH]2)CC1. The molecule has 2 aromatic rings. The highest BCUT2D eigenvalue weighted by Crippen LogP contribution is 2.32. The summed E-state index contributed by atoms with van der Waals surface area (Å²) in [4.78, 5) is 33.9. The number of piperidine rings is 1. The van der Waals surface area contributed by atoms with Crippen LogP contribution in [0.1, 0.15) is 43.8 Å². The van der Waals surface area contributed by atoms with Gasteiger partial charge in [0.2, 0.25) is 5.91 Å². The molecular formula is C18H21N3O2S. The van der Waals surface area contributed by atoms with Crippen LogP contribution < -0.4 is 5.56 Å². The second-order valence-electron chi connectivity index (χ2n) is 6.76. The van der Waals surface area contributed by atoms with Crippen LogP contribution >= 0.6 is 11.3 Å². The van der Waals surface area contributed by atoms with Crippen molar-refractivity contribution in [3.05, 3.63) is 39.1 Å². The topological polar surface area (TPSA) is 66.1 Å². The smallest absolute Gasteiger partial charge is 0.251 e. The fraction of sp³-hybridized carbons (Fsp3) is 0.500. The van der Waals surface area contributed by atoms with Gasteiger partial charge in [-0.3, -0.25) is 9.59 Å². The number of amides is 1. The molecule has 0 aromatic carbocycles. The van der Waals surface area contributed by atoms with Crippen molar-refractivity contribution in [2.24, 2.45) is 5.92 Å². The van der Waals surface area contributed by atoms with Gasteiger partial charge in [-0.1, -0.05) is 6.42 Å². The molecule has 1 N–H and O–H groups in total. The van der Waals surface area contributed by atoms with Crippen molar-refractivity contribution in [3.63, 3.8) is 0 Å². The van der Waals surface area contributed by atoms with Crippen molar-refractivity contribution >= 4 is 17.2 Å². The lowest BCUT2D eigenvalue weighted by Crippen LogP contribution is -2.43. The van der Waals surface area contributed by atoms with Crippen molar-refractivity contribution in [1.29, 1.82) is 0 Å². The number of hydrogen-bond donors (Lipinski definition) is 1. The van der Waals surface area contributed by atoms with Crippen LogP contribution in [-0.4, -0.2) is 33.9 Å². The van der Waals surface area contributed by atoms with E-state index in [-0.39, 0.29) is 17.4 Å². The van der Waals surface area contributed by atoms with Crippen LogP contribution in [0, 0.1) is 5.92 Å². The number of aromatic amines is 1. The second kappa shape index (κ2) is 6.51. The van der Waals surface area contributed by atoms with E-state index in [0.717, 1.165) is 55.9 Å². The maximum absolute atomic E-state index is 12.3. The molecule has 5 nitrogen and oxygen atoms in total. The first-order chi connectivity index (χ1) is 11.7. The lowest BCUT2D eigenvalue weighted by molar-refractivity contribution is -0.139. The van der Waals surface area contributed by atoms with Gasteiger partial charge in [0.15, 0.2) is 0 Å². The molecule has 4 rings (SSSR count). The molecule has 0 unspecified atom stereocenters. The molecule has 1 amide bonds. The Balaban J connectivity index is 1.47. The van der Waals surface area contributed by atoms with E-state index >= 15 is 0 Å². The highest BCUT2D eigenvalue weighted by Gasteiger charge is 2.32. The average Bonchev–Trinajstić information content (AvgIpc) is 3.07. The van der Waals surface area contributed by atoms with E-state index in [4.69, 9.17) is 0 Å². The van der Waals surface area contributed by atoms with Crippen molar-refractivity contribution in [1.82, 2.24) is 14.9 Å². The van der Waals surface area contributed by atoms with Crippen LogP contribution in [0.25, 0.3) is 11.3 Å². The highest BCUT2D eigenvalue weighted by atomic mass is 32.1. The number of thiophene rings is 1. The Morgan fingerprint density at radius 1 is 1.25 bits per heavy atom. The van der Waals surface area contributed by atoms with Crippen LogP contribution in [0.3, 0.4) is 0 Å². The summed E-state index contributed by atoms with van der Waals surface area (Å²) in [7, 11) is 0. The monoisotopic (exact) mass is 343 g/mol. The van der Waals surface area contributed by atoms with Gasteiger partial charge in [-0.2, -0.15) is 11.3 Å². The molecule has 1 saturated heterocycles. The predicted octanol–water partition coefficient (Wildman–Crippen LogP) is 3.00. The van der Waals surface area contributed by atoms with Gasteiger partial charge in [0.05, 0.1) is 5.69 Å². The van der Waals surface area contributed by atoms with E-state index < -0.39 is 0 Å². The van der Waals surface area contributed by atoms with Gasteiger partial charge in [-0.25, -0.2) is 4.98 Å². The Labute approximate surface area is 144 Å². The first-order valence-corrected chi connectivity index (χ1v) is 9.57. The number of likely N-dealkylation sites (tertiary alicyclic amines) is 1. The van der Waals surface area contributed by atoms with Crippen molar-refractivity contribution in [2.75, 3.05) is 13.1 Å². The molecule has 1 aliphatic heterocycles. The maximum atomic E-state index is 12.3. The Bertz CT molecular complexity index is 772. The molecular weight excluding hydrogens is 322 g/mol. The Hall–Kier alpha value is -1.95. The zero-order valence-corrected chi connectivity index (χ0v) is 14.3. The lowest BCUT2D eigenvalue weighted by Gasteiger charge is -2.36. The third-order valence-corrected chi connectivity index (χ3v) is 5.91. The minimum absolute atomic E-state index is 0.103. The van der Waals surface area contributed by atoms with Crippen LogP contribution in [0.4, 0.5) is 0 Å². The molecule has 0 bridgehead atoms. The molecule has 1 saturated carbocycles. The summed E-state index contributed by atoms with van der Waals surface area (Å²) in [6.07, 6.45) is 5.03. The van der Waals surface area contributed by atoms with Gasteiger partial charge in [0.25, 0.3) is 5.56 Å². The van der Waals surface area contributed by atoms with Crippen LogP contribution in [0.5, 0.6) is 0 Å². The first kappa shape index (κ1) is 15.6. The van der Waals surface area contributed by atoms with Gasteiger partial charge in [0, 0.05) is 41.9 Å². The molecule has 3 heterocycles. The maximum Gasteiger partial charge on any atom is 0.251 e. The number of hydrogen-bond acceptors (Lipinski definition) is 4. The van der Waals surface area contributed by atoms with Crippen molar-refractivity contribution < 1.29 is 4.79 Å². The summed E-state index contributed by atoms with van der Waals surface area (Å²) in [6, 6.07) is 3.54. The zero-order chi connectivity index (χ0) is 16.5. The molecule has 24 heavy (non-hydrogen) atoms. The number of aromatic nitrogens is 2. The van der Waals surface area contributed by atoms with Crippen LogP contribution in [0.15, 0.2) is 27.7 Å². The molecule has 6 heteroatoms. The first-order valence-electron chi connectivity index (χ1n) is 8.63. The number of carbonyl (C=O) groups is 1. The van der Waals surface area contributed by atoms with Gasteiger partial charge in [0.1, 0.15) is 5.82 Å². The predicted molar refractivity (Wildman–Crippen MR) is 94.1 cm³/mol. The molecule has 2 aliphatic rings. The van der Waals surface area contributed by atoms with Crippen molar-refractivity contribution in [3.8, 4) is 11.3 Å². The fourth-order valence-electron chi connectivity index (χ4n) is 3.51. The summed E-state index contributed by atoms with van der Waals surface area (Å²) >= 11 is 1.60. The highest BCUT2D eigenvalue weighted by molar-refractivity contribution is 7.08. The van der Waals surface area contributed by atoms with Crippen molar-refractivity contribution in [2.45, 2.75) is 38.0 Å². The fourth-order valence-corrected chi connectivity index (χ4v) is 4.16. The van der Waals surface area contributed by atoms with E-state index in [2.05, 4.69) is 9.97 Å². The molecule has 0 spiro atoms. The summed E-state index contributed by atoms with van der Waals surface area (Å²) < 4.78 is 0. The van der Waals surface area contributed by atoms with Crippen LogP contribution in [-0.2, 0) is 4.79 Å². The number of H-pyrrole nitrogens is 1.